The van der Waals surface area contributed by atoms with Crippen molar-refractivity contribution in [2.24, 2.45) is 5.92 Å². The topological polar surface area (TPSA) is 33.2 Å². The predicted octanol–water partition coefficient (Wildman–Crippen LogP) is 2.57. The van der Waals surface area contributed by atoms with E-state index in [0.29, 0.717) is 0 Å². The van der Waals surface area contributed by atoms with Gasteiger partial charge in [-0.2, -0.15) is 0 Å². The van der Waals surface area contributed by atoms with E-state index >= 15 is 0 Å². The molecule has 0 radical (unpaired) electrons. The van der Waals surface area contributed by atoms with E-state index in [4.69, 9.17) is 0 Å². The van der Waals surface area contributed by atoms with Crippen molar-refractivity contribution in [3.8, 4) is 0 Å². The molecule has 17 heavy (non-hydrogen) atoms. The van der Waals surface area contributed by atoms with Crippen molar-refractivity contribution in [3.05, 3.63) is 29.6 Å². The smallest absolute Gasteiger partial charge is 0.225 e. The molecule has 0 saturated carbocycles. The van der Waals surface area contributed by atoms with E-state index in [0.717, 1.165) is 19.3 Å². The molecular formula is C14H20N2O. The van der Waals surface area contributed by atoms with Crippen LogP contribution in [-0.4, -0.2) is 22.8 Å². The molecule has 0 spiro atoms. The lowest BCUT2D eigenvalue weighted by Crippen LogP contribution is -2.35. The van der Waals surface area contributed by atoms with Gasteiger partial charge in [0.1, 0.15) is 0 Å². The van der Waals surface area contributed by atoms with E-state index in [2.05, 4.69) is 11.1 Å². The van der Waals surface area contributed by atoms with E-state index in [9.17, 15) is 4.79 Å². The Bertz CT molecular complexity index is 414. The maximum atomic E-state index is 12.1. The fourth-order valence-corrected chi connectivity index (χ4v) is 2.57. The van der Waals surface area contributed by atoms with Crippen molar-refractivity contribution < 1.29 is 4.79 Å². The minimum absolute atomic E-state index is 0.0575. The van der Waals surface area contributed by atoms with Gasteiger partial charge in [0.25, 0.3) is 0 Å². The largest absolute Gasteiger partial charge is 0.338 e. The van der Waals surface area contributed by atoms with E-state index < -0.39 is 0 Å². The predicted molar refractivity (Wildman–Crippen MR) is 67.5 cm³/mol. The van der Waals surface area contributed by atoms with Crippen LogP contribution < -0.4 is 0 Å². The Morgan fingerprint density at radius 1 is 1.53 bits per heavy atom. The molecule has 1 heterocycles. The number of fused-ring (bicyclic) bond motifs is 1. The van der Waals surface area contributed by atoms with E-state index in [1.807, 2.05) is 38.2 Å². The number of hydrogen-bond donors (Lipinski definition) is 0. The molecule has 0 aromatic carbocycles. The van der Waals surface area contributed by atoms with Crippen molar-refractivity contribution >= 4 is 5.91 Å². The van der Waals surface area contributed by atoms with Crippen LogP contribution >= 0.6 is 0 Å². The highest BCUT2D eigenvalue weighted by Crippen LogP contribution is 2.33. The quantitative estimate of drug-likeness (QED) is 0.785. The van der Waals surface area contributed by atoms with Gasteiger partial charge in [-0.3, -0.25) is 9.78 Å². The number of aryl methyl sites for hydroxylation is 1. The maximum absolute atomic E-state index is 12.1. The normalized spacial score (nSPS) is 18.9. The molecule has 0 aliphatic heterocycles. The molecular weight excluding hydrogens is 212 g/mol. The highest BCUT2D eigenvalue weighted by atomic mass is 16.2. The first kappa shape index (κ1) is 12.1. The highest BCUT2D eigenvalue weighted by molar-refractivity contribution is 5.78. The summed E-state index contributed by atoms with van der Waals surface area (Å²) in [5.74, 6) is 0.272. The second kappa shape index (κ2) is 4.86. The molecule has 1 aromatic heterocycles. The third-order valence-corrected chi connectivity index (χ3v) is 3.54. The van der Waals surface area contributed by atoms with Crippen LogP contribution in [0.25, 0.3) is 0 Å². The molecule has 1 aromatic rings. The van der Waals surface area contributed by atoms with Gasteiger partial charge in [-0.25, -0.2) is 0 Å². The Hall–Kier alpha value is -1.38. The monoisotopic (exact) mass is 232 g/mol. The van der Waals surface area contributed by atoms with E-state index in [1.165, 1.54) is 11.1 Å². The van der Waals surface area contributed by atoms with Gasteiger partial charge in [-0.1, -0.05) is 13.8 Å². The van der Waals surface area contributed by atoms with Crippen LogP contribution in [0.5, 0.6) is 0 Å². The third kappa shape index (κ3) is 2.33. The van der Waals surface area contributed by atoms with Crippen molar-refractivity contribution in [1.29, 1.82) is 0 Å². The molecule has 3 nitrogen and oxygen atoms in total. The number of amides is 1. The Kier molecular flexibility index (Phi) is 3.46. The summed E-state index contributed by atoms with van der Waals surface area (Å²) in [6.07, 6.45) is 7.07. The summed E-state index contributed by atoms with van der Waals surface area (Å²) >= 11 is 0. The second-order valence-electron chi connectivity index (χ2n) is 5.09. The number of pyridine rings is 1. The number of hydrogen-bond acceptors (Lipinski definition) is 2. The second-order valence-corrected chi connectivity index (χ2v) is 5.09. The number of rotatable bonds is 2. The fourth-order valence-electron chi connectivity index (χ4n) is 2.57. The molecule has 1 aliphatic carbocycles. The number of carbonyl (C=O) groups excluding carboxylic acids is 1. The van der Waals surface area contributed by atoms with Gasteiger partial charge in [-0.15, -0.1) is 0 Å². The molecule has 1 amide bonds. The molecule has 0 bridgehead atoms. The third-order valence-electron chi connectivity index (χ3n) is 3.54. The van der Waals surface area contributed by atoms with Gasteiger partial charge in [0.05, 0.1) is 6.04 Å². The molecule has 0 fully saturated rings. The minimum atomic E-state index is 0.0575. The van der Waals surface area contributed by atoms with Crippen molar-refractivity contribution in [2.45, 2.75) is 39.2 Å². The van der Waals surface area contributed by atoms with Crippen molar-refractivity contribution in [3.63, 3.8) is 0 Å². The summed E-state index contributed by atoms with van der Waals surface area (Å²) in [4.78, 5) is 18.1. The van der Waals surface area contributed by atoms with Gasteiger partial charge in [0, 0.05) is 25.4 Å². The first-order chi connectivity index (χ1) is 8.11. The molecule has 2 rings (SSSR count). The van der Waals surface area contributed by atoms with Crippen molar-refractivity contribution in [1.82, 2.24) is 9.88 Å². The lowest BCUT2D eigenvalue weighted by molar-refractivity contribution is -0.135. The number of nitrogens with zero attached hydrogens (tertiary/aromatic N) is 2. The van der Waals surface area contributed by atoms with Gasteiger partial charge < -0.3 is 4.90 Å². The zero-order valence-corrected chi connectivity index (χ0v) is 10.8. The summed E-state index contributed by atoms with van der Waals surface area (Å²) in [6.45, 7) is 3.90. The van der Waals surface area contributed by atoms with E-state index in [-0.39, 0.29) is 17.9 Å². The molecule has 0 saturated heterocycles. The van der Waals surface area contributed by atoms with Gasteiger partial charge in [0.15, 0.2) is 0 Å². The standard InChI is InChI=1S/C14H20N2O/c1-10(2)14(17)16(3)13-6-4-5-11-7-8-15-9-12(11)13/h7-10,13H,4-6H2,1-3H3/t13-/m0/s1. The van der Waals surface area contributed by atoms with Gasteiger partial charge in [-0.05, 0) is 36.5 Å². The van der Waals surface area contributed by atoms with Crippen LogP contribution in [0.1, 0.15) is 43.9 Å². The van der Waals surface area contributed by atoms with Gasteiger partial charge in [0.2, 0.25) is 5.91 Å². The van der Waals surface area contributed by atoms with Crippen LogP contribution in [0.2, 0.25) is 0 Å². The summed E-state index contributed by atoms with van der Waals surface area (Å²) in [7, 11) is 1.91. The SMILES string of the molecule is CC(C)C(=O)N(C)[C@H]1CCCc2ccncc21. The highest BCUT2D eigenvalue weighted by Gasteiger charge is 2.27. The van der Waals surface area contributed by atoms with Crippen LogP contribution in [-0.2, 0) is 11.2 Å². The van der Waals surface area contributed by atoms with Crippen LogP contribution in [0, 0.1) is 5.92 Å². The first-order valence-corrected chi connectivity index (χ1v) is 6.30. The average molecular weight is 232 g/mol. The summed E-state index contributed by atoms with van der Waals surface area (Å²) in [6, 6.07) is 2.29. The molecule has 92 valence electrons. The molecule has 1 atom stereocenters. The van der Waals surface area contributed by atoms with Crippen LogP contribution in [0.15, 0.2) is 18.5 Å². The lowest BCUT2D eigenvalue weighted by atomic mass is 9.88. The molecule has 1 aliphatic rings. The Labute approximate surface area is 103 Å². The Balaban J connectivity index is 2.26. The van der Waals surface area contributed by atoms with Gasteiger partial charge >= 0.3 is 0 Å². The Morgan fingerprint density at radius 3 is 3.00 bits per heavy atom. The first-order valence-electron chi connectivity index (χ1n) is 6.30. The van der Waals surface area contributed by atoms with Crippen molar-refractivity contribution in [2.75, 3.05) is 7.05 Å². The lowest BCUT2D eigenvalue weighted by Gasteiger charge is -2.33. The zero-order valence-electron chi connectivity index (χ0n) is 10.8. The number of carbonyl (C=O) groups is 1. The summed E-state index contributed by atoms with van der Waals surface area (Å²) in [5.41, 5.74) is 2.58. The maximum Gasteiger partial charge on any atom is 0.225 e. The van der Waals surface area contributed by atoms with Crippen LogP contribution in [0.3, 0.4) is 0 Å². The van der Waals surface area contributed by atoms with E-state index in [1.54, 1.807) is 0 Å². The molecule has 3 heteroatoms. The zero-order chi connectivity index (χ0) is 12.4. The minimum Gasteiger partial charge on any atom is -0.338 e. The Morgan fingerprint density at radius 2 is 2.29 bits per heavy atom. The number of aromatic nitrogens is 1. The summed E-state index contributed by atoms with van der Waals surface area (Å²) < 4.78 is 0. The summed E-state index contributed by atoms with van der Waals surface area (Å²) in [5, 5.41) is 0. The fraction of sp³-hybridized carbons (Fsp3) is 0.571. The molecule has 0 N–H and O–H groups in total. The van der Waals surface area contributed by atoms with Crippen LogP contribution in [0.4, 0.5) is 0 Å². The average Bonchev–Trinajstić information content (AvgIpc) is 2.36. The molecule has 0 unspecified atom stereocenters.